The minimum atomic E-state index is 0.179. The van der Waals surface area contributed by atoms with Gasteiger partial charge in [0, 0.05) is 13.1 Å². The maximum atomic E-state index is 7.33. The second-order valence-corrected chi connectivity index (χ2v) is 4.66. The Morgan fingerprint density at radius 2 is 2.00 bits per heavy atom. The molecule has 76 valence electrons. The third kappa shape index (κ3) is 1.90. The summed E-state index contributed by atoms with van der Waals surface area (Å²) in [5.74, 6) is 0.179. The standard InChI is InChI=1S/C10H15N3S/c11-10(12)8-4-5-9(14-8)13-6-2-1-3-7-13/h4-5H,1-3,6-7H2,(H3,11,12). The molecule has 2 rings (SSSR count). The first-order valence-electron chi connectivity index (χ1n) is 4.96. The number of piperidine rings is 1. The molecular weight excluding hydrogens is 194 g/mol. The highest BCUT2D eigenvalue weighted by atomic mass is 32.1. The van der Waals surface area contributed by atoms with Gasteiger partial charge >= 0.3 is 0 Å². The summed E-state index contributed by atoms with van der Waals surface area (Å²) in [7, 11) is 0. The van der Waals surface area contributed by atoms with Crippen LogP contribution < -0.4 is 10.6 Å². The number of anilines is 1. The molecule has 0 atom stereocenters. The molecule has 1 saturated heterocycles. The van der Waals surface area contributed by atoms with E-state index in [0.717, 1.165) is 18.0 Å². The van der Waals surface area contributed by atoms with Crippen molar-refractivity contribution in [1.29, 1.82) is 5.41 Å². The lowest BCUT2D eigenvalue weighted by Gasteiger charge is -2.27. The highest BCUT2D eigenvalue weighted by molar-refractivity contribution is 7.18. The number of hydrogen-bond acceptors (Lipinski definition) is 3. The summed E-state index contributed by atoms with van der Waals surface area (Å²) >= 11 is 1.62. The van der Waals surface area contributed by atoms with E-state index in [-0.39, 0.29) is 5.84 Å². The molecule has 1 aliphatic heterocycles. The maximum absolute atomic E-state index is 7.33. The Morgan fingerprint density at radius 1 is 1.29 bits per heavy atom. The third-order valence-corrected chi connectivity index (χ3v) is 3.70. The van der Waals surface area contributed by atoms with Gasteiger partial charge in [-0.3, -0.25) is 5.41 Å². The largest absolute Gasteiger partial charge is 0.383 e. The van der Waals surface area contributed by atoms with Gasteiger partial charge in [-0.1, -0.05) is 0 Å². The van der Waals surface area contributed by atoms with Crippen LogP contribution in [0.5, 0.6) is 0 Å². The fourth-order valence-corrected chi connectivity index (χ4v) is 2.68. The number of rotatable bonds is 2. The molecule has 0 radical (unpaired) electrons. The zero-order valence-corrected chi connectivity index (χ0v) is 8.94. The second-order valence-electron chi connectivity index (χ2n) is 3.60. The smallest absolute Gasteiger partial charge is 0.133 e. The minimum absolute atomic E-state index is 0.179. The van der Waals surface area contributed by atoms with Gasteiger partial charge in [0.2, 0.25) is 0 Å². The Kier molecular flexibility index (Phi) is 2.72. The lowest BCUT2D eigenvalue weighted by molar-refractivity contribution is 0.580. The highest BCUT2D eigenvalue weighted by Gasteiger charge is 2.13. The lowest BCUT2D eigenvalue weighted by Crippen LogP contribution is -2.28. The van der Waals surface area contributed by atoms with Crippen molar-refractivity contribution in [2.75, 3.05) is 18.0 Å². The summed E-state index contributed by atoms with van der Waals surface area (Å²) in [6.45, 7) is 2.30. The number of nitrogen functional groups attached to an aromatic ring is 1. The zero-order chi connectivity index (χ0) is 9.97. The molecule has 1 aromatic rings. The van der Waals surface area contributed by atoms with Gasteiger partial charge in [-0.25, -0.2) is 0 Å². The number of thiophene rings is 1. The molecule has 0 spiro atoms. The minimum Gasteiger partial charge on any atom is -0.383 e. The molecule has 4 heteroatoms. The van der Waals surface area contributed by atoms with Crippen LogP contribution in [0.1, 0.15) is 24.1 Å². The summed E-state index contributed by atoms with van der Waals surface area (Å²) in [4.78, 5) is 3.27. The summed E-state index contributed by atoms with van der Waals surface area (Å²) in [6, 6.07) is 4.02. The number of nitrogens with two attached hydrogens (primary N) is 1. The molecule has 0 amide bonds. The van der Waals surface area contributed by atoms with Crippen LogP contribution in [0.15, 0.2) is 12.1 Å². The summed E-state index contributed by atoms with van der Waals surface area (Å²) in [6.07, 6.45) is 3.92. The van der Waals surface area contributed by atoms with Gasteiger partial charge in [-0.05, 0) is 31.4 Å². The fraction of sp³-hybridized carbons (Fsp3) is 0.500. The van der Waals surface area contributed by atoms with Crippen molar-refractivity contribution in [3.05, 3.63) is 17.0 Å². The van der Waals surface area contributed by atoms with Gasteiger partial charge in [0.15, 0.2) is 0 Å². The van der Waals surface area contributed by atoms with Crippen molar-refractivity contribution >= 4 is 22.2 Å². The molecule has 1 aromatic heterocycles. The van der Waals surface area contributed by atoms with E-state index >= 15 is 0 Å². The summed E-state index contributed by atoms with van der Waals surface area (Å²) in [5, 5.41) is 8.59. The van der Waals surface area contributed by atoms with E-state index in [4.69, 9.17) is 11.1 Å². The van der Waals surface area contributed by atoms with Crippen LogP contribution in [0.2, 0.25) is 0 Å². The number of amidine groups is 1. The SMILES string of the molecule is N=C(N)c1ccc(N2CCCCC2)s1. The molecule has 1 fully saturated rings. The van der Waals surface area contributed by atoms with Crippen LogP contribution >= 0.6 is 11.3 Å². The average Bonchev–Trinajstić information content (AvgIpc) is 2.68. The van der Waals surface area contributed by atoms with E-state index in [9.17, 15) is 0 Å². The third-order valence-electron chi connectivity index (χ3n) is 2.53. The molecule has 1 aliphatic rings. The zero-order valence-electron chi connectivity index (χ0n) is 8.12. The van der Waals surface area contributed by atoms with Crippen molar-refractivity contribution in [3.63, 3.8) is 0 Å². The predicted octanol–water partition coefficient (Wildman–Crippen LogP) is 2.02. The van der Waals surface area contributed by atoms with Gasteiger partial charge in [-0.15, -0.1) is 11.3 Å². The first-order valence-corrected chi connectivity index (χ1v) is 5.78. The van der Waals surface area contributed by atoms with Crippen LogP contribution in [0.4, 0.5) is 5.00 Å². The molecule has 14 heavy (non-hydrogen) atoms. The van der Waals surface area contributed by atoms with Crippen molar-refractivity contribution < 1.29 is 0 Å². The topological polar surface area (TPSA) is 53.1 Å². The number of hydrogen-bond donors (Lipinski definition) is 2. The van der Waals surface area contributed by atoms with Crippen molar-refractivity contribution in [3.8, 4) is 0 Å². The van der Waals surface area contributed by atoms with Gasteiger partial charge in [-0.2, -0.15) is 0 Å². The Bertz CT molecular complexity index is 326. The Balaban J connectivity index is 2.11. The highest BCUT2D eigenvalue weighted by Crippen LogP contribution is 2.27. The Hall–Kier alpha value is -1.03. The van der Waals surface area contributed by atoms with Crippen molar-refractivity contribution in [2.45, 2.75) is 19.3 Å². The average molecular weight is 209 g/mol. The molecule has 0 bridgehead atoms. The van der Waals surface area contributed by atoms with Gasteiger partial charge in [0.05, 0.1) is 9.88 Å². The van der Waals surface area contributed by atoms with E-state index in [0.29, 0.717) is 0 Å². The molecular formula is C10H15N3S. The fourth-order valence-electron chi connectivity index (χ4n) is 1.76. The van der Waals surface area contributed by atoms with E-state index in [1.54, 1.807) is 11.3 Å². The first kappa shape index (κ1) is 9.52. The molecule has 0 aliphatic carbocycles. The van der Waals surface area contributed by atoms with Crippen molar-refractivity contribution in [2.24, 2.45) is 5.73 Å². The Morgan fingerprint density at radius 3 is 2.57 bits per heavy atom. The number of nitrogens with one attached hydrogen (secondary N) is 1. The van der Waals surface area contributed by atoms with Crippen molar-refractivity contribution in [1.82, 2.24) is 0 Å². The van der Waals surface area contributed by atoms with E-state index in [1.165, 1.54) is 24.3 Å². The lowest BCUT2D eigenvalue weighted by atomic mass is 10.1. The first-order chi connectivity index (χ1) is 6.77. The van der Waals surface area contributed by atoms with Crippen LogP contribution in [0.25, 0.3) is 0 Å². The van der Waals surface area contributed by atoms with Crippen LogP contribution in [0, 0.1) is 5.41 Å². The van der Waals surface area contributed by atoms with Crippen LogP contribution in [-0.2, 0) is 0 Å². The number of nitrogens with zero attached hydrogens (tertiary/aromatic N) is 1. The van der Waals surface area contributed by atoms with Gasteiger partial charge in [0.25, 0.3) is 0 Å². The van der Waals surface area contributed by atoms with Gasteiger partial charge < -0.3 is 10.6 Å². The normalized spacial score (nSPS) is 17.0. The monoisotopic (exact) mass is 209 g/mol. The van der Waals surface area contributed by atoms with E-state index < -0.39 is 0 Å². The molecule has 0 saturated carbocycles. The summed E-state index contributed by atoms with van der Waals surface area (Å²) < 4.78 is 0. The quantitative estimate of drug-likeness (QED) is 0.578. The van der Waals surface area contributed by atoms with Crippen LogP contribution in [-0.4, -0.2) is 18.9 Å². The van der Waals surface area contributed by atoms with Crippen LogP contribution in [0.3, 0.4) is 0 Å². The second kappa shape index (κ2) is 4.00. The summed E-state index contributed by atoms with van der Waals surface area (Å²) in [5.41, 5.74) is 5.43. The Labute approximate surface area is 88.0 Å². The predicted molar refractivity (Wildman–Crippen MR) is 61.4 cm³/mol. The van der Waals surface area contributed by atoms with E-state index in [1.807, 2.05) is 6.07 Å². The maximum Gasteiger partial charge on any atom is 0.133 e. The molecule has 3 nitrogen and oxygen atoms in total. The van der Waals surface area contributed by atoms with E-state index in [2.05, 4.69) is 11.0 Å². The van der Waals surface area contributed by atoms with Gasteiger partial charge in [0.1, 0.15) is 5.84 Å². The molecule has 0 aromatic carbocycles. The molecule has 0 unspecified atom stereocenters. The molecule has 2 heterocycles. The molecule has 3 N–H and O–H groups in total.